The number of rotatable bonds is 8. The third-order valence-electron chi connectivity index (χ3n) is 6.75. The van der Waals surface area contributed by atoms with Gasteiger partial charge < -0.3 is 14.2 Å². The van der Waals surface area contributed by atoms with Crippen molar-refractivity contribution in [1.29, 1.82) is 0 Å². The Morgan fingerprint density at radius 3 is 2.59 bits per heavy atom. The number of benzene rings is 1. The molecule has 0 aliphatic carbocycles. The van der Waals surface area contributed by atoms with Crippen molar-refractivity contribution in [2.45, 2.75) is 44.3 Å². The second kappa shape index (κ2) is 11.2. The lowest BCUT2D eigenvalue weighted by atomic mass is 9.87. The summed E-state index contributed by atoms with van der Waals surface area (Å²) in [6, 6.07) is 5.92. The molecule has 0 bridgehead atoms. The Hall–Kier alpha value is -2.98. The molecule has 2 aromatic heterocycles. The summed E-state index contributed by atoms with van der Waals surface area (Å²) in [5, 5.41) is 0.981. The summed E-state index contributed by atoms with van der Waals surface area (Å²) >= 11 is 6.31. The van der Waals surface area contributed by atoms with E-state index in [2.05, 4.69) is 4.98 Å². The summed E-state index contributed by atoms with van der Waals surface area (Å²) in [7, 11) is 1.59. The number of methoxy groups -OCH3 is 1. The number of ether oxygens (including phenoxy) is 1. The highest BCUT2D eigenvalue weighted by Crippen LogP contribution is 2.33. The van der Waals surface area contributed by atoms with Gasteiger partial charge in [0.1, 0.15) is 5.82 Å². The molecule has 0 radical (unpaired) electrons. The van der Waals surface area contributed by atoms with Gasteiger partial charge in [0.2, 0.25) is 5.78 Å². The molecule has 3 aromatic rings. The Bertz CT molecular complexity index is 1300. The molecule has 0 atom stereocenters. The molecule has 0 spiro atoms. The average Bonchev–Trinajstić information content (AvgIpc) is 3.25. The third-order valence-corrected chi connectivity index (χ3v) is 7.02. The largest absolute Gasteiger partial charge is 0.449 e. The molecular weight excluding hydrogens is 514 g/mol. The maximum absolute atomic E-state index is 14.6. The monoisotopic (exact) mass is 539 g/mol. The Morgan fingerprint density at radius 2 is 1.92 bits per heavy atom. The molecule has 1 aliphatic heterocycles. The summed E-state index contributed by atoms with van der Waals surface area (Å²) in [6.07, 6.45) is -1.38. The van der Waals surface area contributed by atoms with Gasteiger partial charge in [-0.3, -0.25) is 9.59 Å². The number of hydrogen-bond acceptors (Lipinski definition) is 4. The molecule has 37 heavy (non-hydrogen) atoms. The molecular formula is C26H26ClF4N3O3. The SMILES string of the molecule is COCCn1cc(C(=O)N2CCC(c3cc(CCC(=O)C(F)(F)F)ccc3F)CC2)c2ccnc(Cl)c21. The van der Waals surface area contributed by atoms with Crippen LogP contribution >= 0.6 is 11.6 Å². The van der Waals surface area contributed by atoms with Crippen LogP contribution in [0.5, 0.6) is 0 Å². The summed E-state index contributed by atoms with van der Waals surface area (Å²) in [4.78, 5) is 30.5. The number of ketones is 1. The number of halogens is 5. The molecule has 198 valence electrons. The van der Waals surface area contributed by atoms with E-state index in [-0.39, 0.29) is 18.2 Å². The van der Waals surface area contributed by atoms with Crippen molar-refractivity contribution in [2.75, 3.05) is 26.8 Å². The van der Waals surface area contributed by atoms with E-state index in [1.165, 1.54) is 12.1 Å². The molecule has 0 unspecified atom stereocenters. The highest BCUT2D eigenvalue weighted by Gasteiger charge is 2.37. The minimum Gasteiger partial charge on any atom is -0.383 e. The van der Waals surface area contributed by atoms with E-state index < -0.39 is 24.2 Å². The number of aromatic nitrogens is 2. The van der Waals surface area contributed by atoms with E-state index in [1.54, 1.807) is 36.5 Å². The molecule has 1 saturated heterocycles. The fourth-order valence-electron chi connectivity index (χ4n) is 4.77. The van der Waals surface area contributed by atoms with Gasteiger partial charge in [-0.25, -0.2) is 9.37 Å². The second-order valence-electron chi connectivity index (χ2n) is 9.07. The van der Waals surface area contributed by atoms with Crippen molar-refractivity contribution in [1.82, 2.24) is 14.5 Å². The minimum atomic E-state index is -4.87. The van der Waals surface area contributed by atoms with Crippen LogP contribution in [0.25, 0.3) is 10.9 Å². The number of piperidine rings is 1. The maximum Gasteiger partial charge on any atom is 0.449 e. The van der Waals surface area contributed by atoms with E-state index in [4.69, 9.17) is 16.3 Å². The molecule has 0 saturated carbocycles. The number of pyridine rings is 1. The number of amides is 1. The number of carbonyl (C=O) groups excluding carboxylic acids is 2. The molecule has 4 rings (SSSR count). The summed E-state index contributed by atoms with van der Waals surface area (Å²) in [5.74, 6) is -2.60. The van der Waals surface area contributed by atoms with Crippen LogP contribution in [0.3, 0.4) is 0 Å². The molecule has 1 aromatic carbocycles. The predicted molar refractivity (Wildman–Crippen MR) is 130 cm³/mol. The second-order valence-corrected chi connectivity index (χ2v) is 9.43. The summed E-state index contributed by atoms with van der Waals surface area (Å²) in [6.45, 7) is 1.72. The lowest BCUT2D eigenvalue weighted by Crippen LogP contribution is -2.38. The molecule has 0 N–H and O–H groups in total. The molecule has 1 amide bonds. The summed E-state index contributed by atoms with van der Waals surface area (Å²) < 4.78 is 59.2. The van der Waals surface area contributed by atoms with Gasteiger partial charge in [-0.1, -0.05) is 23.7 Å². The average molecular weight is 540 g/mol. The van der Waals surface area contributed by atoms with Crippen molar-refractivity contribution in [3.63, 3.8) is 0 Å². The number of Topliss-reactive ketones (excluding diaryl/α,β-unsaturated/α-hetero) is 1. The quantitative estimate of drug-likeness (QED) is 0.278. The molecule has 1 fully saturated rings. The van der Waals surface area contributed by atoms with Gasteiger partial charge in [0, 0.05) is 50.9 Å². The highest BCUT2D eigenvalue weighted by atomic mass is 35.5. The van der Waals surface area contributed by atoms with Crippen molar-refractivity contribution < 1.29 is 31.9 Å². The lowest BCUT2D eigenvalue weighted by molar-refractivity contribution is -0.171. The van der Waals surface area contributed by atoms with Gasteiger partial charge in [0.05, 0.1) is 17.7 Å². The predicted octanol–water partition coefficient (Wildman–Crippen LogP) is 5.56. The van der Waals surface area contributed by atoms with Crippen LogP contribution in [0.4, 0.5) is 17.6 Å². The van der Waals surface area contributed by atoms with Crippen LogP contribution in [-0.2, 0) is 22.5 Å². The zero-order valence-corrected chi connectivity index (χ0v) is 20.9. The first kappa shape index (κ1) is 27.1. The Balaban J connectivity index is 1.46. The Labute approximate surface area is 216 Å². The van der Waals surface area contributed by atoms with Crippen molar-refractivity contribution >= 4 is 34.2 Å². The first-order valence-corrected chi connectivity index (χ1v) is 12.3. The molecule has 6 nitrogen and oxygen atoms in total. The van der Waals surface area contributed by atoms with Gasteiger partial charge in [-0.15, -0.1) is 0 Å². The first-order chi connectivity index (χ1) is 17.6. The molecule has 3 heterocycles. The minimum absolute atomic E-state index is 0.118. The first-order valence-electron chi connectivity index (χ1n) is 11.9. The van der Waals surface area contributed by atoms with Crippen molar-refractivity contribution in [2.24, 2.45) is 0 Å². The van der Waals surface area contributed by atoms with Crippen LogP contribution in [0.2, 0.25) is 5.15 Å². The van der Waals surface area contributed by atoms with Gasteiger partial charge in [0.25, 0.3) is 5.91 Å². The van der Waals surface area contributed by atoms with Gasteiger partial charge in [0.15, 0.2) is 5.15 Å². The van der Waals surface area contributed by atoms with Crippen LogP contribution in [0, 0.1) is 5.82 Å². The fraction of sp³-hybridized carbons (Fsp3) is 0.423. The molecule has 11 heteroatoms. The zero-order chi connectivity index (χ0) is 26.7. The van der Waals surface area contributed by atoms with E-state index >= 15 is 0 Å². The van der Waals surface area contributed by atoms with Gasteiger partial charge in [-0.2, -0.15) is 13.2 Å². The van der Waals surface area contributed by atoms with Crippen molar-refractivity contribution in [3.05, 3.63) is 64.3 Å². The number of nitrogens with zero attached hydrogens (tertiary/aromatic N) is 3. The number of fused-ring (bicyclic) bond motifs is 1. The standard InChI is InChI=1S/C26H26ClF4N3O3/c1-37-13-12-34-15-20(18-6-9-32-24(27)23(18)34)25(36)33-10-7-17(8-11-33)19-14-16(2-4-21(19)28)3-5-22(35)26(29,30)31/h2,4,6,9,14-15,17H,3,5,7-8,10-13H2,1H3. The van der Waals surface area contributed by atoms with Gasteiger partial charge >= 0.3 is 6.18 Å². The van der Waals surface area contributed by atoms with Crippen LogP contribution in [0.1, 0.15) is 46.7 Å². The van der Waals surface area contributed by atoms with E-state index in [0.717, 1.165) is 0 Å². The van der Waals surface area contributed by atoms with Crippen LogP contribution < -0.4 is 0 Å². The maximum atomic E-state index is 14.6. The van der Waals surface area contributed by atoms with Crippen LogP contribution in [-0.4, -0.2) is 59.1 Å². The summed E-state index contributed by atoms with van der Waals surface area (Å²) in [5.41, 5.74) is 2.03. The number of carbonyl (C=O) groups is 2. The third kappa shape index (κ3) is 5.96. The fourth-order valence-corrected chi connectivity index (χ4v) is 5.04. The van der Waals surface area contributed by atoms with E-state index in [1.807, 2.05) is 4.57 Å². The smallest absolute Gasteiger partial charge is 0.383 e. The van der Waals surface area contributed by atoms with Crippen molar-refractivity contribution in [3.8, 4) is 0 Å². The van der Waals surface area contributed by atoms with Gasteiger partial charge in [-0.05, 0) is 48.4 Å². The Morgan fingerprint density at radius 1 is 1.19 bits per heavy atom. The number of likely N-dealkylation sites (tertiary alicyclic amines) is 1. The van der Waals surface area contributed by atoms with E-state index in [9.17, 15) is 27.2 Å². The lowest BCUT2D eigenvalue weighted by Gasteiger charge is -2.32. The van der Waals surface area contributed by atoms with E-state index in [0.29, 0.717) is 71.8 Å². The molecule has 1 aliphatic rings. The normalized spacial score (nSPS) is 14.9. The number of hydrogen-bond donors (Lipinski definition) is 0. The highest BCUT2D eigenvalue weighted by molar-refractivity contribution is 6.34. The topological polar surface area (TPSA) is 64.4 Å². The number of alkyl halides is 3. The van der Waals surface area contributed by atoms with Crippen LogP contribution in [0.15, 0.2) is 36.7 Å². The Kier molecular flexibility index (Phi) is 8.18. The number of aryl methyl sites for hydroxylation is 1. The zero-order valence-electron chi connectivity index (χ0n) is 20.2.